The Labute approximate surface area is 164 Å². The SMILES string of the molecule is CCc1cccc(C)c1NC(=O)[C@H]1CS[C@]2(c3ccccc3)CCC(=O)N12. The molecule has 0 spiro atoms. The number of amides is 2. The number of thioether (sulfide) groups is 1. The van der Waals surface area contributed by atoms with E-state index in [1.165, 1.54) is 0 Å². The van der Waals surface area contributed by atoms with E-state index in [0.29, 0.717) is 12.2 Å². The first-order chi connectivity index (χ1) is 13.1. The molecule has 2 aliphatic heterocycles. The summed E-state index contributed by atoms with van der Waals surface area (Å²) in [7, 11) is 0. The highest BCUT2D eigenvalue weighted by atomic mass is 32.2. The molecule has 4 rings (SSSR count). The van der Waals surface area contributed by atoms with Crippen LogP contribution in [0.1, 0.15) is 36.5 Å². The van der Waals surface area contributed by atoms with E-state index in [-0.39, 0.29) is 11.8 Å². The smallest absolute Gasteiger partial charge is 0.248 e. The number of hydrogen-bond donors (Lipinski definition) is 1. The third-order valence-electron chi connectivity index (χ3n) is 5.64. The van der Waals surface area contributed by atoms with Gasteiger partial charge in [0.25, 0.3) is 0 Å². The minimum absolute atomic E-state index is 0.0736. The molecule has 5 heteroatoms. The zero-order chi connectivity index (χ0) is 19.0. The van der Waals surface area contributed by atoms with Crippen LogP contribution in [0, 0.1) is 6.92 Å². The summed E-state index contributed by atoms with van der Waals surface area (Å²) in [4.78, 5) is 27.3. The van der Waals surface area contributed by atoms with Gasteiger partial charge in [0.2, 0.25) is 11.8 Å². The molecule has 2 aromatic carbocycles. The number of carbonyl (C=O) groups excluding carboxylic acids is 2. The van der Waals surface area contributed by atoms with Crippen molar-refractivity contribution in [1.29, 1.82) is 0 Å². The average Bonchev–Trinajstić information content (AvgIpc) is 3.23. The van der Waals surface area contributed by atoms with Gasteiger partial charge in [0.1, 0.15) is 10.9 Å². The van der Waals surface area contributed by atoms with Crippen LogP contribution in [0.4, 0.5) is 5.69 Å². The number of nitrogens with one attached hydrogen (secondary N) is 1. The highest BCUT2D eigenvalue weighted by molar-refractivity contribution is 8.00. The second-order valence-electron chi connectivity index (χ2n) is 7.19. The van der Waals surface area contributed by atoms with Crippen LogP contribution in [0.15, 0.2) is 48.5 Å². The Balaban J connectivity index is 1.64. The molecule has 2 atom stereocenters. The van der Waals surface area contributed by atoms with Gasteiger partial charge >= 0.3 is 0 Å². The second kappa shape index (κ2) is 7.04. The van der Waals surface area contributed by atoms with Crippen LogP contribution in [0.5, 0.6) is 0 Å². The molecule has 4 nitrogen and oxygen atoms in total. The van der Waals surface area contributed by atoms with Crippen LogP contribution in [0.2, 0.25) is 0 Å². The van der Waals surface area contributed by atoms with Crippen molar-refractivity contribution >= 4 is 29.3 Å². The lowest BCUT2D eigenvalue weighted by atomic mass is 10.0. The van der Waals surface area contributed by atoms with Crippen molar-refractivity contribution < 1.29 is 9.59 Å². The lowest BCUT2D eigenvalue weighted by Gasteiger charge is -2.34. The van der Waals surface area contributed by atoms with Crippen LogP contribution in [0.3, 0.4) is 0 Å². The number of nitrogens with zero attached hydrogens (tertiary/aromatic N) is 1. The molecular formula is C22H24N2O2S. The normalized spacial score (nSPS) is 24.1. The van der Waals surface area contributed by atoms with E-state index < -0.39 is 10.9 Å². The van der Waals surface area contributed by atoms with E-state index in [2.05, 4.69) is 24.4 Å². The summed E-state index contributed by atoms with van der Waals surface area (Å²) >= 11 is 1.72. The molecule has 2 amide bonds. The number of hydrogen-bond acceptors (Lipinski definition) is 3. The summed E-state index contributed by atoms with van der Waals surface area (Å²) < 4.78 is 0. The van der Waals surface area contributed by atoms with Gasteiger partial charge in [-0.1, -0.05) is 55.5 Å². The van der Waals surface area contributed by atoms with Crippen LogP contribution in [0.25, 0.3) is 0 Å². The Morgan fingerprint density at radius 2 is 2.00 bits per heavy atom. The van der Waals surface area contributed by atoms with Crippen LogP contribution >= 0.6 is 11.8 Å². The predicted molar refractivity (Wildman–Crippen MR) is 110 cm³/mol. The number of benzene rings is 2. The quantitative estimate of drug-likeness (QED) is 0.869. The van der Waals surface area contributed by atoms with E-state index >= 15 is 0 Å². The fraction of sp³-hybridized carbons (Fsp3) is 0.364. The molecule has 2 aliphatic rings. The number of anilines is 1. The molecule has 0 bridgehead atoms. The molecule has 0 aromatic heterocycles. The topological polar surface area (TPSA) is 49.4 Å². The third-order valence-corrected chi connectivity index (χ3v) is 7.24. The second-order valence-corrected chi connectivity index (χ2v) is 8.49. The molecule has 2 fully saturated rings. The van der Waals surface area contributed by atoms with Gasteiger partial charge in [-0.15, -0.1) is 11.8 Å². The first-order valence-electron chi connectivity index (χ1n) is 9.48. The summed E-state index contributed by atoms with van der Waals surface area (Å²) in [5, 5.41) is 3.13. The van der Waals surface area contributed by atoms with Gasteiger partial charge in [0.15, 0.2) is 0 Å². The number of aryl methyl sites for hydroxylation is 2. The van der Waals surface area contributed by atoms with E-state index in [1.54, 1.807) is 11.8 Å². The Morgan fingerprint density at radius 3 is 2.74 bits per heavy atom. The summed E-state index contributed by atoms with van der Waals surface area (Å²) in [6.45, 7) is 4.09. The van der Waals surface area contributed by atoms with Gasteiger partial charge in [-0.2, -0.15) is 0 Å². The molecule has 0 saturated carbocycles. The summed E-state index contributed by atoms with van der Waals surface area (Å²) in [6, 6.07) is 15.7. The predicted octanol–water partition coefficient (Wildman–Crippen LogP) is 4.09. The van der Waals surface area contributed by atoms with E-state index in [4.69, 9.17) is 0 Å². The minimum atomic E-state index is -0.436. The van der Waals surface area contributed by atoms with Gasteiger partial charge in [-0.3, -0.25) is 9.59 Å². The average molecular weight is 381 g/mol. The summed E-state index contributed by atoms with van der Waals surface area (Å²) in [6.07, 6.45) is 2.11. The highest BCUT2D eigenvalue weighted by Crippen LogP contribution is 2.54. The monoisotopic (exact) mass is 380 g/mol. The molecule has 0 unspecified atom stereocenters. The molecule has 27 heavy (non-hydrogen) atoms. The molecule has 2 heterocycles. The van der Waals surface area contributed by atoms with Gasteiger partial charge in [0.05, 0.1) is 0 Å². The lowest BCUT2D eigenvalue weighted by molar-refractivity contribution is -0.136. The van der Waals surface area contributed by atoms with Crippen LogP contribution < -0.4 is 5.32 Å². The standard InChI is InChI=1S/C22H24N2O2S/c1-3-16-9-7-8-15(2)20(16)23-21(26)18-14-27-22(13-12-19(25)24(18)22)17-10-5-4-6-11-17/h4-11,18H,3,12-14H2,1-2H3,(H,23,26)/t18-,22+/m1/s1. The van der Waals surface area contributed by atoms with Crippen molar-refractivity contribution in [1.82, 2.24) is 4.90 Å². The maximum absolute atomic E-state index is 13.2. The maximum Gasteiger partial charge on any atom is 0.248 e. The fourth-order valence-corrected chi connectivity index (χ4v) is 5.90. The van der Waals surface area contributed by atoms with Crippen molar-refractivity contribution in [2.24, 2.45) is 0 Å². The molecule has 0 aliphatic carbocycles. The number of rotatable bonds is 4. The first kappa shape index (κ1) is 18.1. The number of para-hydroxylation sites is 1. The van der Waals surface area contributed by atoms with Gasteiger partial charge in [0, 0.05) is 17.9 Å². The van der Waals surface area contributed by atoms with Crippen molar-refractivity contribution in [3.8, 4) is 0 Å². The van der Waals surface area contributed by atoms with Crippen LogP contribution in [-0.2, 0) is 20.9 Å². The maximum atomic E-state index is 13.2. The van der Waals surface area contributed by atoms with E-state index in [9.17, 15) is 9.59 Å². The lowest BCUT2D eigenvalue weighted by Crippen LogP contribution is -2.48. The van der Waals surface area contributed by atoms with E-state index in [1.807, 2.05) is 48.2 Å². The largest absolute Gasteiger partial charge is 0.324 e. The van der Waals surface area contributed by atoms with Gasteiger partial charge in [-0.05, 0) is 36.5 Å². The molecule has 1 N–H and O–H groups in total. The van der Waals surface area contributed by atoms with Crippen molar-refractivity contribution in [3.05, 3.63) is 65.2 Å². The summed E-state index contributed by atoms with van der Waals surface area (Å²) in [5.74, 6) is 0.615. The molecule has 140 valence electrons. The number of fused-ring (bicyclic) bond motifs is 1. The van der Waals surface area contributed by atoms with Crippen molar-refractivity contribution in [2.75, 3.05) is 11.1 Å². The summed E-state index contributed by atoms with van der Waals surface area (Å²) in [5.41, 5.74) is 4.17. The Kier molecular flexibility index (Phi) is 4.72. The first-order valence-corrected chi connectivity index (χ1v) is 10.5. The third kappa shape index (κ3) is 2.94. The van der Waals surface area contributed by atoms with Gasteiger partial charge in [-0.25, -0.2) is 0 Å². The van der Waals surface area contributed by atoms with E-state index in [0.717, 1.165) is 35.2 Å². The molecule has 2 saturated heterocycles. The fourth-order valence-electron chi connectivity index (χ4n) is 4.24. The zero-order valence-electron chi connectivity index (χ0n) is 15.7. The Hall–Kier alpha value is -2.27. The molecule has 0 radical (unpaired) electrons. The Bertz CT molecular complexity index is 883. The van der Waals surface area contributed by atoms with Gasteiger partial charge < -0.3 is 10.2 Å². The van der Waals surface area contributed by atoms with Crippen molar-refractivity contribution in [3.63, 3.8) is 0 Å². The molecular weight excluding hydrogens is 356 g/mol. The zero-order valence-corrected chi connectivity index (χ0v) is 16.5. The number of carbonyl (C=O) groups is 2. The van der Waals surface area contributed by atoms with Crippen LogP contribution in [-0.4, -0.2) is 28.5 Å². The Morgan fingerprint density at radius 1 is 1.22 bits per heavy atom. The minimum Gasteiger partial charge on any atom is -0.324 e. The molecule has 2 aromatic rings. The highest BCUT2D eigenvalue weighted by Gasteiger charge is 2.56. The van der Waals surface area contributed by atoms with Crippen molar-refractivity contribution in [2.45, 2.75) is 44.0 Å².